The van der Waals surface area contributed by atoms with Crippen molar-refractivity contribution in [3.05, 3.63) is 42.1 Å². The van der Waals surface area contributed by atoms with Crippen LogP contribution >= 0.6 is 0 Å². The maximum absolute atomic E-state index is 11.3. The van der Waals surface area contributed by atoms with E-state index in [2.05, 4.69) is 27.7 Å². The van der Waals surface area contributed by atoms with E-state index in [4.69, 9.17) is 0 Å². The van der Waals surface area contributed by atoms with E-state index >= 15 is 0 Å². The molecule has 0 fully saturated rings. The van der Waals surface area contributed by atoms with Gasteiger partial charge in [0.25, 0.3) is 0 Å². The predicted octanol–water partition coefficient (Wildman–Crippen LogP) is 2.46. The lowest BCUT2D eigenvalue weighted by atomic mass is 10.1. The number of aromatic carboxylic acids is 1. The van der Waals surface area contributed by atoms with E-state index in [1.54, 1.807) is 0 Å². The van der Waals surface area contributed by atoms with Crippen LogP contribution in [0.3, 0.4) is 0 Å². The number of nitrogens with one attached hydrogen (secondary N) is 1. The van der Waals surface area contributed by atoms with Crippen molar-refractivity contribution < 1.29 is 9.90 Å². The summed E-state index contributed by atoms with van der Waals surface area (Å²) in [7, 11) is 0. The Bertz CT molecular complexity index is 659. The fourth-order valence-electron chi connectivity index (χ4n) is 2.29. The number of nitrogens with zero attached hydrogens (tertiary/aromatic N) is 2. The normalized spacial score (nSPS) is 14.9. The molecule has 1 heterocycles. The highest BCUT2D eigenvalue weighted by Crippen LogP contribution is 2.27. The maximum Gasteiger partial charge on any atom is 0.358 e. The Morgan fingerprint density at radius 1 is 1.21 bits per heavy atom. The largest absolute Gasteiger partial charge is 0.476 e. The van der Waals surface area contributed by atoms with Crippen molar-refractivity contribution in [1.82, 2.24) is 10.2 Å². The maximum atomic E-state index is 11.3. The van der Waals surface area contributed by atoms with Crippen LogP contribution in [0.5, 0.6) is 0 Å². The highest BCUT2D eigenvalue weighted by molar-refractivity contribution is 6.02. The molecule has 0 spiro atoms. The Labute approximate surface area is 110 Å². The second-order valence-corrected chi connectivity index (χ2v) is 4.53. The Balaban J connectivity index is 2.11. The van der Waals surface area contributed by atoms with Crippen molar-refractivity contribution in [2.24, 2.45) is 0 Å². The van der Waals surface area contributed by atoms with Crippen molar-refractivity contribution in [2.75, 3.05) is 5.32 Å². The van der Waals surface area contributed by atoms with Crippen molar-refractivity contribution in [3.8, 4) is 0 Å². The Morgan fingerprint density at radius 3 is 2.68 bits per heavy atom. The summed E-state index contributed by atoms with van der Waals surface area (Å²) < 4.78 is 0. The van der Waals surface area contributed by atoms with Crippen LogP contribution in [0.2, 0.25) is 0 Å². The summed E-state index contributed by atoms with van der Waals surface area (Å²) >= 11 is 0. The molecule has 5 nitrogen and oxygen atoms in total. The minimum atomic E-state index is -1.06. The number of rotatable bonds is 3. The van der Waals surface area contributed by atoms with Gasteiger partial charge in [0.1, 0.15) is 0 Å². The number of carbonyl (C=O) groups is 1. The van der Waals surface area contributed by atoms with Gasteiger partial charge in [0.05, 0.1) is 11.2 Å². The summed E-state index contributed by atoms with van der Waals surface area (Å²) in [6, 6.07) is 7.64. The van der Waals surface area contributed by atoms with E-state index in [1.807, 2.05) is 24.3 Å². The number of hydrogen-bond donors (Lipinski definition) is 2. The zero-order valence-corrected chi connectivity index (χ0v) is 10.2. The average Bonchev–Trinajstić information content (AvgIpc) is 2.92. The molecular formula is C14H13N3O2. The highest BCUT2D eigenvalue weighted by Gasteiger charge is 2.19. The molecule has 0 bridgehead atoms. The standard InChI is InChI=1S/C14H13N3O2/c18-14(19)13-12(15-9-5-1-2-6-9)10-7-3-4-8-11(10)16-17-13/h1-4,7-9H,5-6H2,(H,15,16)(H,18,19). The fraction of sp³-hybridized carbons (Fsp3) is 0.214. The molecule has 3 rings (SSSR count). The number of fused-ring (bicyclic) bond motifs is 1. The average molecular weight is 255 g/mol. The molecule has 1 aliphatic rings. The molecule has 1 aliphatic carbocycles. The minimum Gasteiger partial charge on any atom is -0.476 e. The third-order valence-electron chi connectivity index (χ3n) is 3.23. The van der Waals surface area contributed by atoms with Gasteiger partial charge in [0.15, 0.2) is 5.69 Å². The number of anilines is 1. The molecule has 2 aromatic rings. The van der Waals surface area contributed by atoms with Crippen LogP contribution in [-0.4, -0.2) is 27.3 Å². The van der Waals surface area contributed by atoms with Gasteiger partial charge >= 0.3 is 5.97 Å². The van der Waals surface area contributed by atoms with Crippen LogP contribution in [0.25, 0.3) is 10.9 Å². The van der Waals surface area contributed by atoms with E-state index in [0.717, 1.165) is 18.2 Å². The number of benzene rings is 1. The molecule has 0 radical (unpaired) electrons. The zero-order valence-electron chi connectivity index (χ0n) is 10.2. The summed E-state index contributed by atoms with van der Waals surface area (Å²) in [5, 5.41) is 21.1. The molecule has 0 aliphatic heterocycles. The number of hydrogen-bond acceptors (Lipinski definition) is 4. The van der Waals surface area contributed by atoms with Gasteiger partial charge in [0.2, 0.25) is 0 Å². The van der Waals surface area contributed by atoms with Gasteiger partial charge in [-0.3, -0.25) is 0 Å². The Kier molecular flexibility index (Phi) is 2.87. The van der Waals surface area contributed by atoms with Crippen molar-refractivity contribution in [1.29, 1.82) is 0 Å². The third kappa shape index (κ3) is 2.14. The molecule has 0 atom stereocenters. The fourth-order valence-corrected chi connectivity index (χ4v) is 2.29. The molecule has 19 heavy (non-hydrogen) atoms. The summed E-state index contributed by atoms with van der Waals surface area (Å²) in [5.41, 5.74) is 1.23. The van der Waals surface area contributed by atoms with E-state index in [0.29, 0.717) is 11.2 Å². The molecule has 1 aromatic heterocycles. The predicted molar refractivity (Wildman–Crippen MR) is 72.3 cm³/mol. The summed E-state index contributed by atoms with van der Waals surface area (Å²) in [5.74, 6) is -1.06. The summed E-state index contributed by atoms with van der Waals surface area (Å²) in [6.45, 7) is 0. The van der Waals surface area contributed by atoms with E-state index in [-0.39, 0.29) is 11.7 Å². The van der Waals surface area contributed by atoms with E-state index < -0.39 is 5.97 Å². The lowest BCUT2D eigenvalue weighted by molar-refractivity contribution is 0.0690. The summed E-state index contributed by atoms with van der Waals surface area (Å²) in [4.78, 5) is 11.3. The van der Waals surface area contributed by atoms with Gasteiger partial charge in [-0.25, -0.2) is 4.79 Å². The molecule has 1 aromatic carbocycles. The minimum absolute atomic E-state index is 0.0226. The molecule has 0 unspecified atom stereocenters. The van der Waals surface area contributed by atoms with Crippen molar-refractivity contribution >= 4 is 22.6 Å². The SMILES string of the molecule is O=C(O)c1nnc2ccccc2c1NC1CC=CC1. The lowest BCUT2D eigenvalue weighted by Crippen LogP contribution is -2.19. The van der Waals surface area contributed by atoms with Crippen molar-refractivity contribution in [3.63, 3.8) is 0 Å². The van der Waals surface area contributed by atoms with Gasteiger partial charge in [-0.2, -0.15) is 0 Å². The van der Waals surface area contributed by atoms with Crippen LogP contribution in [0.4, 0.5) is 5.69 Å². The van der Waals surface area contributed by atoms with Gasteiger partial charge in [0, 0.05) is 11.4 Å². The molecule has 0 amide bonds. The second-order valence-electron chi connectivity index (χ2n) is 4.53. The highest BCUT2D eigenvalue weighted by atomic mass is 16.4. The van der Waals surface area contributed by atoms with E-state index in [1.165, 1.54) is 0 Å². The quantitative estimate of drug-likeness (QED) is 0.824. The van der Waals surface area contributed by atoms with Crippen LogP contribution in [0, 0.1) is 0 Å². The first-order valence-corrected chi connectivity index (χ1v) is 6.16. The summed E-state index contributed by atoms with van der Waals surface area (Å²) in [6.07, 6.45) is 5.98. The van der Waals surface area contributed by atoms with Gasteiger partial charge in [-0.05, 0) is 18.9 Å². The van der Waals surface area contributed by atoms with Gasteiger partial charge < -0.3 is 10.4 Å². The van der Waals surface area contributed by atoms with E-state index in [9.17, 15) is 9.90 Å². The molecule has 0 saturated heterocycles. The lowest BCUT2D eigenvalue weighted by Gasteiger charge is -2.16. The van der Waals surface area contributed by atoms with Gasteiger partial charge in [-0.15, -0.1) is 10.2 Å². The Morgan fingerprint density at radius 2 is 1.95 bits per heavy atom. The molecule has 0 saturated carbocycles. The number of carboxylic acid groups (broad SMARTS) is 1. The molecule has 5 heteroatoms. The van der Waals surface area contributed by atoms with Crippen LogP contribution in [0.1, 0.15) is 23.3 Å². The Hall–Kier alpha value is -2.43. The van der Waals surface area contributed by atoms with Crippen LogP contribution in [0.15, 0.2) is 36.4 Å². The van der Waals surface area contributed by atoms with Crippen molar-refractivity contribution in [2.45, 2.75) is 18.9 Å². The molecule has 2 N–H and O–H groups in total. The monoisotopic (exact) mass is 255 g/mol. The van der Waals surface area contributed by atoms with Gasteiger partial charge in [-0.1, -0.05) is 30.4 Å². The third-order valence-corrected chi connectivity index (χ3v) is 3.23. The first-order valence-electron chi connectivity index (χ1n) is 6.16. The topological polar surface area (TPSA) is 75.1 Å². The first kappa shape index (κ1) is 11.6. The smallest absolute Gasteiger partial charge is 0.358 e. The number of aromatic nitrogens is 2. The molecular weight excluding hydrogens is 242 g/mol. The van der Waals surface area contributed by atoms with Crippen LogP contribution < -0.4 is 5.32 Å². The second kappa shape index (κ2) is 4.68. The van der Waals surface area contributed by atoms with Crippen LogP contribution in [-0.2, 0) is 0 Å². The first-order chi connectivity index (χ1) is 9.25. The zero-order chi connectivity index (χ0) is 13.2. The molecule has 96 valence electrons. The number of carboxylic acids is 1.